The van der Waals surface area contributed by atoms with E-state index in [2.05, 4.69) is 24.3 Å². The second-order valence-corrected chi connectivity index (χ2v) is 21.5. The van der Waals surface area contributed by atoms with Gasteiger partial charge in [0.05, 0.1) is 6.61 Å². The Bertz CT molecular complexity index is 3250. The lowest BCUT2D eigenvalue weighted by Crippen LogP contribution is -2.20. The first-order valence-corrected chi connectivity index (χ1v) is 27.8. The van der Waals surface area contributed by atoms with Crippen LogP contribution in [0.15, 0.2) is 224 Å². The molecule has 2 aliphatic rings. The first-order chi connectivity index (χ1) is 40.0. The summed E-state index contributed by atoms with van der Waals surface area (Å²) in [6, 6.07) is 74.2. The van der Waals surface area contributed by atoms with E-state index in [4.69, 9.17) is 47.4 Å². The highest BCUT2D eigenvalue weighted by Crippen LogP contribution is 2.50. The monoisotopic (exact) mass is 1100 g/mol. The van der Waals surface area contributed by atoms with Gasteiger partial charge in [-0.15, -0.1) is 0 Å². The van der Waals surface area contributed by atoms with Crippen LogP contribution in [0, 0.1) is 0 Å². The van der Waals surface area contributed by atoms with Crippen LogP contribution in [0.4, 0.5) is 0 Å². The lowest BCUT2D eigenvalue weighted by molar-refractivity contribution is -0.147. The Balaban J connectivity index is 0.731. The first-order valence-electron chi connectivity index (χ1n) is 27.8. The Morgan fingerprint density at radius 2 is 0.573 bits per heavy atom. The normalized spacial score (nSPS) is 17.9. The van der Waals surface area contributed by atoms with Crippen molar-refractivity contribution in [2.45, 2.75) is 110 Å². The SMILES string of the molecule is CC1(C)O[C@H](c2ccc(COc3cc(CO)cc(OCc4ccc([C@H]5OC(C)(C)O[C@@H]5c5ccc(OCc6ccccc6)c(OCc6ccccc6)c5)cc4)c3)cc2)[C@@H](c2ccc(OCc3ccccc3)c(OCc3ccccc3)c2)O1. The van der Waals surface area contributed by atoms with Gasteiger partial charge in [0.15, 0.2) is 34.6 Å². The largest absolute Gasteiger partial charge is 0.489 e. The zero-order valence-corrected chi connectivity index (χ0v) is 46.7. The second-order valence-electron chi connectivity index (χ2n) is 21.5. The maximum atomic E-state index is 10.3. The van der Waals surface area contributed by atoms with Crippen LogP contribution in [0.1, 0.15) is 113 Å². The van der Waals surface area contributed by atoms with Gasteiger partial charge < -0.3 is 52.5 Å². The molecular formula is C71H68O11. The van der Waals surface area contributed by atoms with Crippen molar-refractivity contribution in [1.29, 1.82) is 0 Å². The highest BCUT2D eigenvalue weighted by Gasteiger charge is 2.44. The molecule has 82 heavy (non-hydrogen) atoms. The van der Waals surface area contributed by atoms with Crippen molar-refractivity contribution < 1.29 is 52.5 Å². The Kier molecular flexibility index (Phi) is 17.3. The number of rotatable bonds is 23. The van der Waals surface area contributed by atoms with Gasteiger partial charge in [-0.2, -0.15) is 0 Å². The molecule has 1 N–H and O–H groups in total. The molecule has 11 heteroatoms. The summed E-state index contributed by atoms with van der Waals surface area (Å²) in [6.45, 7) is 9.72. The van der Waals surface area contributed by atoms with Crippen molar-refractivity contribution in [1.82, 2.24) is 0 Å². The molecule has 2 fully saturated rings. The molecule has 0 saturated carbocycles. The summed E-state index contributed by atoms with van der Waals surface area (Å²) in [5.41, 5.74) is 10.6. The molecule has 418 valence electrons. The fourth-order valence-electron chi connectivity index (χ4n) is 10.1. The fourth-order valence-corrected chi connectivity index (χ4v) is 10.1. The van der Waals surface area contributed by atoms with Crippen molar-refractivity contribution in [2.24, 2.45) is 0 Å². The predicted molar refractivity (Wildman–Crippen MR) is 313 cm³/mol. The van der Waals surface area contributed by atoms with Gasteiger partial charge in [0.1, 0.15) is 75.6 Å². The third kappa shape index (κ3) is 14.4. The third-order valence-corrected chi connectivity index (χ3v) is 14.3. The molecule has 0 spiro atoms. The fraction of sp³-hybridized carbons (Fsp3) is 0.239. The average Bonchev–Trinajstić information content (AvgIpc) is 4.19. The number of aliphatic hydroxyl groups excluding tert-OH is 1. The van der Waals surface area contributed by atoms with E-state index in [0.29, 0.717) is 79.7 Å². The third-order valence-electron chi connectivity index (χ3n) is 14.3. The minimum Gasteiger partial charge on any atom is -0.489 e. The van der Waals surface area contributed by atoms with Crippen LogP contribution in [0.25, 0.3) is 0 Å². The van der Waals surface area contributed by atoms with Crippen molar-refractivity contribution in [3.8, 4) is 34.5 Å². The molecule has 9 aromatic rings. The van der Waals surface area contributed by atoms with E-state index < -0.39 is 36.0 Å². The van der Waals surface area contributed by atoms with Crippen LogP contribution in [0.3, 0.4) is 0 Å². The van der Waals surface area contributed by atoms with Gasteiger partial charge in [0.25, 0.3) is 0 Å². The van der Waals surface area contributed by atoms with E-state index >= 15 is 0 Å². The van der Waals surface area contributed by atoms with Crippen molar-refractivity contribution in [3.05, 3.63) is 286 Å². The lowest BCUT2D eigenvalue weighted by Gasteiger charge is -2.20. The molecule has 0 radical (unpaired) electrons. The number of hydrogen-bond donors (Lipinski definition) is 1. The molecule has 2 aliphatic heterocycles. The molecular weight excluding hydrogens is 1030 g/mol. The standard InChI is InChI=1S/C71H68O11/c1-70(2)79-66(68(81-70)58-33-35-62(75-45-49-17-9-5-10-18-49)64(39-58)77-47-51-21-13-7-14-22-51)56-29-25-53(26-30-56)43-73-60-37-55(42-72)38-61(41-60)74-44-54-27-31-57(32-28-54)67-69(82-71(3,4)80-67)59-34-36-63(76-46-50-19-11-6-12-20-50)65(40-59)78-48-52-23-15-8-16-24-52/h5-41,66-69,72H,42-48H2,1-4H3/t66-,67-,68-,69-/m1/s1. The van der Waals surface area contributed by atoms with E-state index in [1.807, 2.05) is 228 Å². The summed E-state index contributed by atoms with van der Waals surface area (Å²) < 4.78 is 64.6. The Labute approximate surface area is 480 Å². The minimum atomic E-state index is -0.842. The minimum absolute atomic E-state index is 0.174. The second kappa shape index (κ2) is 25.6. The molecule has 0 aromatic heterocycles. The van der Waals surface area contributed by atoms with E-state index in [-0.39, 0.29) is 6.61 Å². The molecule has 0 bridgehead atoms. The molecule has 9 aromatic carbocycles. The number of benzene rings is 9. The summed E-state index contributed by atoms with van der Waals surface area (Å²) in [5.74, 6) is 2.01. The van der Waals surface area contributed by atoms with Crippen molar-refractivity contribution in [2.75, 3.05) is 0 Å². The van der Waals surface area contributed by atoms with Crippen LogP contribution < -0.4 is 28.4 Å². The summed E-state index contributed by atoms with van der Waals surface area (Å²) in [6.07, 6.45) is -1.64. The summed E-state index contributed by atoms with van der Waals surface area (Å²) in [7, 11) is 0. The highest BCUT2D eigenvalue weighted by molar-refractivity contribution is 5.47. The molecule has 0 aliphatic carbocycles. The summed E-state index contributed by atoms with van der Waals surface area (Å²) >= 11 is 0. The van der Waals surface area contributed by atoms with E-state index in [0.717, 1.165) is 55.6 Å². The van der Waals surface area contributed by atoms with Crippen molar-refractivity contribution >= 4 is 0 Å². The van der Waals surface area contributed by atoms with Gasteiger partial charge in [0, 0.05) is 6.07 Å². The van der Waals surface area contributed by atoms with Gasteiger partial charge in [-0.1, -0.05) is 182 Å². The van der Waals surface area contributed by atoms with Gasteiger partial charge in [0.2, 0.25) is 0 Å². The Hall–Kier alpha value is -8.42. The van der Waals surface area contributed by atoms with Crippen molar-refractivity contribution in [3.63, 3.8) is 0 Å². The van der Waals surface area contributed by atoms with Gasteiger partial charge in [-0.3, -0.25) is 0 Å². The number of hydrogen-bond acceptors (Lipinski definition) is 11. The molecule has 2 saturated heterocycles. The van der Waals surface area contributed by atoms with Crippen LogP contribution in [0.2, 0.25) is 0 Å². The maximum absolute atomic E-state index is 10.3. The maximum Gasteiger partial charge on any atom is 0.164 e. The van der Waals surface area contributed by atoms with Gasteiger partial charge in [-0.25, -0.2) is 0 Å². The number of ether oxygens (including phenoxy) is 10. The van der Waals surface area contributed by atoms with Crippen LogP contribution in [0.5, 0.6) is 34.5 Å². The highest BCUT2D eigenvalue weighted by atomic mass is 16.8. The Morgan fingerprint density at radius 1 is 0.293 bits per heavy atom. The molecule has 0 unspecified atom stereocenters. The molecule has 11 rings (SSSR count). The van der Waals surface area contributed by atoms with E-state index in [1.54, 1.807) is 0 Å². The predicted octanol–water partition coefficient (Wildman–Crippen LogP) is 15.8. The van der Waals surface area contributed by atoms with Crippen LogP contribution in [-0.4, -0.2) is 16.7 Å². The van der Waals surface area contributed by atoms with Gasteiger partial charge in [-0.05, 0) is 125 Å². The molecule has 4 atom stereocenters. The summed E-state index contributed by atoms with van der Waals surface area (Å²) in [4.78, 5) is 0. The molecule has 2 heterocycles. The topological polar surface area (TPSA) is 113 Å². The van der Waals surface area contributed by atoms with E-state index in [1.165, 1.54) is 0 Å². The summed E-state index contributed by atoms with van der Waals surface area (Å²) in [5, 5.41) is 10.3. The quantitative estimate of drug-likeness (QED) is 0.0661. The van der Waals surface area contributed by atoms with Crippen LogP contribution in [-0.2, 0) is 65.2 Å². The number of aliphatic hydroxyl groups is 1. The lowest BCUT2D eigenvalue weighted by atomic mass is 9.97. The molecule has 0 amide bonds. The van der Waals surface area contributed by atoms with Crippen LogP contribution >= 0.6 is 0 Å². The Morgan fingerprint density at radius 3 is 0.902 bits per heavy atom. The zero-order chi connectivity index (χ0) is 56.3. The molecule has 11 nitrogen and oxygen atoms in total. The zero-order valence-electron chi connectivity index (χ0n) is 46.7. The smallest absolute Gasteiger partial charge is 0.164 e. The van der Waals surface area contributed by atoms with Gasteiger partial charge >= 0.3 is 0 Å². The van der Waals surface area contributed by atoms with E-state index in [9.17, 15) is 5.11 Å². The average molecular weight is 1100 g/mol. The first kappa shape index (κ1) is 55.5.